The fourth-order valence-corrected chi connectivity index (χ4v) is 2.45. The minimum Gasteiger partial charge on any atom is -0.468 e. The molecule has 0 unspecified atom stereocenters. The number of nitro benzene ring substituents is 1. The minimum absolute atomic E-state index is 0.0204. The van der Waals surface area contributed by atoms with Gasteiger partial charge in [0.2, 0.25) is 5.16 Å². The molecule has 10 heteroatoms. The van der Waals surface area contributed by atoms with Crippen LogP contribution in [0.5, 0.6) is 0 Å². The molecule has 0 saturated heterocycles. The number of nitro groups is 1. The summed E-state index contributed by atoms with van der Waals surface area (Å²) in [5, 5.41) is 22.3. The number of methoxy groups -OCH3 is 1. The van der Waals surface area contributed by atoms with E-state index in [1.165, 1.54) is 17.9 Å². The SMILES string of the molecule is COC(=O)Cn1nnnc1Sc1cccc([N+](=O)[O-])c1C. The number of benzene rings is 1. The lowest BCUT2D eigenvalue weighted by atomic mass is 10.2. The molecule has 0 aliphatic rings. The van der Waals surface area contributed by atoms with Gasteiger partial charge in [-0.25, -0.2) is 4.68 Å². The normalized spacial score (nSPS) is 10.4. The molecule has 0 atom stereocenters. The highest BCUT2D eigenvalue weighted by Gasteiger charge is 2.17. The maximum atomic E-state index is 11.3. The highest BCUT2D eigenvalue weighted by Crippen LogP contribution is 2.32. The van der Waals surface area contributed by atoms with E-state index in [-0.39, 0.29) is 12.2 Å². The lowest BCUT2D eigenvalue weighted by molar-refractivity contribution is -0.385. The lowest BCUT2D eigenvalue weighted by Gasteiger charge is -2.06. The van der Waals surface area contributed by atoms with Crippen LogP contribution in [0.4, 0.5) is 5.69 Å². The molecular formula is C11H11N5O4S. The number of ether oxygens (including phenoxy) is 1. The first-order valence-electron chi connectivity index (χ1n) is 5.77. The van der Waals surface area contributed by atoms with Crippen molar-refractivity contribution in [3.8, 4) is 0 Å². The Hall–Kier alpha value is -2.49. The zero-order chi connectivity index (χ0) is 15.4. The van der Waals surface area contributed by atoms with E-state index in [0.29, 0.717) is 15.6 Å². The number of rotatable bonds is 5. The molecule has 0 fully saturated rings. The minimum atomic E-state index is -0.486. The van der Waals surface area contributed by atoms with Crippen LogP contribution >= 0.6 is 11.8 Å². The molecule has 1 heterocycles. The van der Waals surface area contributed by atoms with Gasteiger partial charge in [0.15, 0.2) is 0 Å². The summed E-state index contributed by atoms with van der Waals surface area (Å²) < 4.78 is 5.82. The molecule has 0 N–H and O–H groups in total. The molecule has 0 spiro atoms. The Kier molecular flexibility index (Phi) is 4.48. The van der Waals surface area contributed by atoms with E-state index in [2.05, 4.69) is 20.3 Å². The maximum absolute atomic E-state index is 11.3. The summed E-state index contributed by atoms with van der Waals surface area (Å²) in [5.74, 6) is -0.486. The summed E-state index contributed by atoms with van der Waals surface area (Å²) in [4.78, 5) is 22.4. The van der Waals surface area contributed by atoms with Gasteiger partial charge >= 0.3 is 5.97 Å². The van der Waals surface area contributed by atoms with Crippen LogP contribution in [0, 0.1) is 17.0 Å². The molecule has 1 aromatic carbocycles. The average molecular weight is 309 g/mol. The van der Waals surface area contributed by atoms with Gasteiger partial charge in [-0.05, 0) is 35.2 Å². The van der Waals surface area contributed by atoms with Gasteiger partial charge in [0.1, 0.15) is 6.54 Å². The number of nitrogens with zero attached hydrogens (tertiary/aromatic N) is 5. The Balaban J connectivity index is 2.27. The number of carbonyl (C=O) groups is 1. The van der Waals surface area contributed by atoms with Crippen molar-refractivity contribution in [2.45, 2.75) is 23.5 Å². The predicted octanol–water partition coefficient (Wildman–Crippen LogP) is 1.21. The van der Waals surface area contributed by atoms with Gasteiger partial charge in [0.05, 0.1) is 12.0 Å². The Morgan fingerprint density at radius 2 is 2.29 bits per heavy atom. The number of aromatic nitrogens is 4. The molecule has 2 aromatic rings. The molecule has 0 amide bonds. The van der Waals surface area contributed by atoms with Gasteiger partial charge in [-0.15, -0.1) is 5.10 Å². The van der Waals surface area contributed by atoms with Crippen LogP contribution in [0.15, 0.2) is 28.3 Å². The van der Waals surface area contributed by atoms with Crippen LogP contribution in [0.25, 0.3) is 0 Å². The number of hydrogen-bond donors (Lipinski definition) is 0. The first kappa shape index (κ1) is 14.9. The van der Waals surface area contributed by atoms with E-state index in [4.69, 9.17) is 0 Å². The van der Waals surface area contributed by atoms with Crippen molar-refractivity contribution < 1.29 is 14.5 Å². The van der Waals surface area contributed by atoms with Gasteiger partial charge < -0.3 is 4.74 Å². The molecule has 0 saturated carbocycles. The molecule has 0 aliphatic heterocycles. The van der Waals surface area contributed by atoms with Crippen molar-refractivity contribution >= 4 is 23.4 Å². The third kappa shape index (κ3) is 3.34. The zero-order valence-electron chi connectivity index (χ0n) is 11.2. The van der Waals surface area contributed by atoms with E-state index >= 15 is 0 Å². The number of carbonyl (C=O) groups excluding carboxylic acids is 1. The molecule has 0 bridgehead atoms. The van der Waals surface area contributed by atoms with E-state index < -0.39 is 10.9 Å². The lowest BCUT2D eigenvalue weighted by Crippen LogP contribution is -2.13. The molecule has 0 aliphatic carbocycles. The second-order valence-corrected chi connectivity index (χ2v) is 4.96. The van der Waals surface area contributed by atoms with Crippen LogP contribution in [0.1, 0.15) is 5.56 Å². The molecule has 110 valence electrons. The monoisotopic (exact) mass is 309 g/mol. The van der Waals surface area contributed by atoms with Gasteiger partial charge in [-0.2, -0.15) is 0 Å². The number of esters is 1. The van der Waals surface area contributed by atoms with Gasteiger partial charge in [0.25, 0.3) is 5.69 Å². The quantitative estimate of drug-likeness (QED) is 0.460. The zero-order valence-corrected chi connectivity index (χ0v) is 12.0. The fraction of sp³-hybridized carbons (Fsp3) is 0.273. The molecule has 2 rings (SSSR count). The topological polar surface area (TPSA) is 113 Å². The van der Waals surface area contributed by atoms with Gasteiger partial charge in [-0.1, -0.05) is 6.07 Å². The number of tetrazole rings is 1. The van der Waals surface area contributed by atoms with Gasteiger partial charge in [0, 0.05) is 16.5 Å². The predicted molar refractivity (Wildman–Crippen MR) is 71.8 cm³/mol. The molecule has 1 aromatic heterocycles. The van der Waals surface area contributed by atoms with Crippen LogP contribution in [0.3, 0.4) is 0 Å². The molecular weight excluding hydrogens is 298 g/mol. The molecule has 9 nitrogen and oxygen atoms in total. The summed E-state index contributed by atoms with van der Waals surface area (Å²) in [7, 11) is 1.27. The second-order valence-electron chi connectivity index (χ2n) is 3.95. The maximum Gasteiger partial charge on any atom is 0.327 e. The second kappa shape index (κ2) is 6.31. The highest BCUT2D eigenvalue weighted by molar-refractivity contribution is 7.99. The third-order valence-electron chi connectivity index (χ3n) is 2.66. The molecule has 0 radical (unpaired) electrons. The molecule has 21 heavy (non-hydrogen) atoms. The number of hydrogen-bond acceptors (Lipinski definition) is 8. The van der Waals surface area contributed by atoms with E-state index in [1.54, 1.807) is 19.1 Å². The fourth-order valence-electron chi connectivity index (χ4n) is 1.57. The van der Waals surface area contributed by atoms with Crippen molar-refractivity contribution in [3.05, 3.63) is 33.9 Å². The van der Waals surface area contributed by atoms with Crippen molar-refractivity contribution in [3.63, 3.8) is 0 Å². The van der Waals surface area contributed by atoms with E-state index in [9.17, 15) is 14.9 Å². The summed E-state index contributed by atoms with van der Waals surface area (Å²) in [6.45, 7) is 1.52. The standard InChI is InChI=1S/C11H11N5O4S/c1-7-8(16(18)19)4-3-5-9(7)21-11-12-13-14-15(11)6-10(17)20-2/h3-5H,6H2,1-2H3. The van der Waals surface area contributed by atoms with E-state index in [0.717, 1.165) is 11.8 Å². The van der Waals surface area contributed by atoms with Crippen molar-refractivity contribution in [1.82, 2.24) is 20.2 Å². The highest BCUT2D eigenvalue weighted by atomic mass is 32.2. The Morgan fingerprint density at radius 1 is 1.52 bits per heavy atom. The summed E-state index contributed by atoms with van der Waals surface area (Å²) in [6.07, 6.45) is 0. The Labute approximate surface area is 123 Å². The average Bonchev–Trinajstić information content (AvgIpc) is 2.87. The Bertz CT molecular complexity index is 687. The van der Waals surface area contributed by atoms with Crippen molar-refractivity contribution in [2.75, 3.05) is 7.11 Å². The van der Waals surface area contributed by atoms with E-state index in [1.807, 2.05) is 0 Å². The van der Waals surface area contributed by atoms with Crippen molar-refractivity contribution in [1.29, 1.82) is 0 Å². The smallest absolute Gasteiger partial charge is 0.327 e. The van der Waals surface area contributed by atoms with Crippen LogP contribution in [-0.4, -0.2) is 38.2 Å². The first-order chi connectivity index (χ1) is 10.0. The summed E-state index contributed by atoms with van der Waals surface area (Å²) >= 11 is 1.15. The van der Waals surface area contributed by atoms with Crippen LogP contribution in [0.2, 0.25) is 0 Å². The van der Waals surface area contributed by atoms with Gasteiger partial charge in [-0.3, -0.25) is 14.9 Å². The first-order valence-corrected chi connectivity index (χ1v) is 6.59. The van der Waals surface area contributed by atoms with Crippen LogP contribution in [-0.2, 0) is 16.1 Å². The van der Waals surface area contributed by atoms with Crippen LogP contribution < -0.4 is 0 Å². The summed E-state index contributed by atoms with van der Waals surface area (Å²) in [6, 6.07) is 4.74. The largest absolute Gasteiger partial charge is 0.468 e. The third-order valence-corrected chi connectivity index (χ3v) is 3.80. The summed E-state index contributed by atoms with van der Waals surface area (Å²) in [5.41, 5.74) is 0.534. The van der Waals surface area contributed by atoms with Crippen molar-refractivity contribution in [2.24, 2.45) is 0 Å². The Morgan fingerprint density at radius 3 is 2.95 bits per heavy atom.